The number of halogens is 2. The zero-order valence-corrected chi connectivity index (χ0v) is 12.4. The Bertz CT molecular complexity index is 540. The Morgan fingerprint density at radius 1 is 1.50 bits per heavy atom. The van der Waals surface area contributed by atoms with Crippen molar-refractivity contribution in [1.29, 1.82) is 0 Å². The third-order valence-corrected chi connectivity index (χ3v) is 3.97. The van der Waals surface area contributed by atoms with E-state index in [4.69, 9.17) is 5.73 Å². The maximum absolute atomic E-state index is 13.7. The molecule has 96 valence electrons. The fourth-order valence-corrected chi connectivity index (χ4v) is 2.77. The standard InChI is InChI=1S/C13H14BrFN2S/c1-8(16)2-5-13-17-12(7-18-13)10-6-9(14)3-4-11(10)15/h3-4,6-8H,2,5,16H2,1H3. The molecule has 0 fully saturated rings. The molecule has 1 aromatic heterocycles. The second kappa shape index (κ2) is 5.91. The van der Waals surface area contributed by atoms with Crippen LogP contribution in [0.3, 0.4) is 0 Å². The van der Waals surface area contributed by atoms with Gasteiger partial charge < -0.3 is 5.73 Å². The Morgan fingerprint density at radius 2 is 2.28 bits per heavy atom. The van der Waals surface area contributed by atoms with Gasteiger partial charge in [0.25, 0.3) is 0 Å². The summed E-state index contributed by atoms with van der Waals surface area (Å²) < 4.78 is 14.6. The lowest BCUT2D eigenvalue weighted by Gasteiger charge is -2.02. The van der Waals surface area contributed by atoms with Gasteiger partial charge >= 0.3 is 0 Å². The van der Waals surface area contributed by atoms with Crippen LogP contribution in [0.15, 0.2) is 28.1 Å². The van der Waals surface area contributed by atoms with Crippen LogP contribution >= 0.6 is 27.3 Å². The normalized spacial score (nSPS) is 12.7. The largest absolute Gasteiger partial charge is 0.328 e. The van der Waals surface area contributed by atoms with Crippen LogP contribution in [0.1, 0.15) is 18.4 Å². The summed E-state index contributed by atoms with van der Waals surface area (Å²) in [6.07, 6.45) is 1.74. The lowest BCUT2D eigenvalue weighted by atomic mass is 10.1. The number of nitrogens with zero attached hydrogens (tertiary/aromatic N) is 1. The molecule has 0 saturated carbocycles. The van der Waals surface area contributed by atoms with Crippen LogP contribution < -0.4 is 5.73 Å². The quantitative estimate of drug-likeness (QED) is 0.921. The van der Waals surface area contributed by atoms with Crippen LogP contribution in [0, 0.1) is 5.82 Å². The summed E-state index contributed by atoms with van der Waals surface area (Å²) in [6, 6.07) is 5.04. The van der Waals surface area contributed by atoms with Crippen molar-refractivity contribution < 1.29 is 4.39 Å². The van der Waals surface area contributed by atoms with Crippen LogP contribution in [-0.2, 0) is 6.42 Å². The minimum atomic E-state index is -0.248. The first-order chi connectivity index (χ1) is 8.56. The average Bonchev–Trinajstić information content (AvgIpc) is 2.78. The molecule has 5 heteroatoms. The molecule has 2 aromatic rings. The molecule has 1 aromatic carbocycles. The molecule has 0 bridgehead atoms. The van der Waals surface area contributed by atoms with Gasteiger partial charge in [0.1, 0.15) is 5.82 Å². The second-order valence-electron chi connectivity index (χ2n) is 4.27. The predicted octanol–water partition coefficient (Wildman–Crippen LogP) is 3.99. The van der Waals surface area contributed by atoms with Crippen LogP contribution in [-0.4, -0.2) is 11.0 Å². The summed E-state index contributed by atoms with van der Waals surface area (Å²) in [4.78, 5) is 4.46. The third-order valence-electron chi connectivity index (χ3n) is 2.57. The predicted molar refractivity (Wildman–Crippen MR) is 77.2 cm³/mol. The van der Waals surface area contributed by atoms with Gasteiger partial charge in [-0.3, -0.25) is 0 Å². The first-order valence-electron chi connectivity index (χ1n) is 5.71. The lowest BCUT2D eigenvalue weighted by Crippen LogP contribution is -2.15. The van der Waals surface area contributed by atoms with E-state index >= 15 is 0 Å². The molecule has 0 aliphatic heterocycles. The summed E-state index contributed by atoms with van der Waals surface area (Å²) in [5, 5.41) is 2.89. The fraction of sp³-hybridized carbons (Fsp3) is 0.308. The smallest absolute Gasteiger partial charge is 0.132 e. The number of nitrogens with two attached hydrogens (primary N) is 1. The number of aromatic nitrogens is 1. The molecule has 0 aliphatic carbocycles. The van der Waals surface area contributed by atoms with Crippen molar-refractivity contribution in [1.82, 2.24) is 4.98 Å². The number of hydrogen-bond acceptors (Lipinski definition) is 3. The molecule has 1 heterocycles. The monoisotopic (exact) mass is 328 g/mol. The Balaban J connectivity index is 2.21. The summed E-state index contributed by atoms with van der Waals surface area (Å²) in [5.74, 6) is -0.248. The van der Waals surface area contributed by atoms with E-state index in [2.05, 4.69) is 20.9 Å². The number of aryl methyl sites for hydroxylation is 1. The van der Waals surface area contributed by atoms with Crippen LogP contribution in [0.25, 0.3) is 11.3 Å². The molecule has 2 rings (SSSR count). The maximum Gasteiger partial charge on any atom is 0.132 e. The van der Waals surface area contributed by atoms with Gasteiger partial charge in [0, 0.05) is 27.9 Å². The van der Waals surface area contributed by atoms with Crippen molar-refractivity contribution in [2.45, 2.75) is 25.8 Å². The van der Waals surface area contributed by atoms with Gasteiger partial charge in [0.2, 0.25) is 0 Å². The molecular weight excluding hydrogens is 315 g/mol. The minimum absolute atomic E-state index is 0.167. The molecule has 2 nitrogen and oxygen atoms in total. The summed E-state index contributed by atoms with van der Waals surface area (Å²) in [5.41, 5.74) is 6.94. The Morgan fingerprint density at radius 3 is 3.00 bits per heavy atom. The molecule has 18 heavy (non-hydrogen) atoms. The number of hydrogen-bond donors (Lipinski definition) is 1. The van der Waals surface area contributed by atoms with Crippen molar-refractivity contribution in [3.8, 4) is 11.3 Å². The van der Waals surface area contributed by atoms with Crippen molar-refractivity contribution in [2.75, 3.05) is 0 Å². The van der Waals surface area contributed by atoms with E-state index in [0.29, 0.717) is 11.3 Å². The van der Waals surface area contributed by atoms with Crippen LogP contribution in [0.2, 0.25) is 0 Å². The Kier molecular flexibility index (Phi) is 4.48. The molecule has 1 unspecified atom stereocenters. The van der Waals surface area contributed by atoms with E-state index in [1.807, 2.05) is 12.3 Å². The molecule has 0 aliphatic rings. The summed E-state index contributed by atoms with van der Waals surface area (Å²) in [7, 11) is 0. The zero-order valence-electron chi connectivity index (χ0n) is 9.99. The Hall–Kier alpha value is -0.780. The van der Waals surface area contributed by atoms with Gasteiger partial charge in [0.15, 0.2) is 0 Å². The highest BCUT2D eigenvalue weighted by Crippen LogP contribution is 2.27. The highest BCUT2D eigenvalue weighted by Gasteiger charge is 2.10. The van der Waals surface area contributed by atoms with Crippen molar-refractivity contribution >= 4 is 27.3 Å². The summed E-state index contributed by atoms with van der Waals surface area (Å²) >= 11 is 4.89. The molecule has 0 saturated heterocycles. The summed E-state index contributed by atoms with van der Waals surface area (Å²) in [6.45, 7) is 1.97. The second-order valence-corrected chi connectivity index (χ2v) is 6.12. The Labute approximate surface area is 118 Å². The highest BCUT2D eigenvalue weighted by atomic mass is 79.9. The van der Waals surface area contributed by atoms with E-state index in [-0.39, 0.29) is 11.9 Å². The van der Waals surface area contributed by atoms with Crippen molar-refractivity contribution in [2.24, 2.45) is 5.73 Å². The molecule has 1 atom stereocenters. The van der Waals surface area contributed by atoms with Crippen LogP contribution in [0.4, 0.5) is 4.39 Å². The van der Waals surface area contributed by atoms with E-state index in [0.717, 1.165) is 22.3 Å². The molecule has 0 radical (unpaired) electrons. The van der Waals surface area contributed by atoms with Crippen molar-refractivity contribution in [3.63, 3.8) is 0 Å². The first kappa shape index (κ1) is 13.6. The molecule has 0 spiro atoms. The van der Waals surface area contributed by atoms with E-state index in [1.54, 1.807) is 23.5 Å². The van der Waals surface area contributed by atoms with Gasteiger partial charge in [0.05, 0.1) is 10.7 Å². The van der Waals surface area contributed by atoms with E-state index in [1.165, 1.54) is 6.07 Å². The lowest BCUT2D eigenvalue weighted by molar-refractivity contribution is 0.630. The van der Waals surface area contributed by atoms with Gasteiger partial charge in [-0.1, -0.05) is 15.9 Å². The number of benzene rings is 1. The molecule has 0 amide bonds. The molecule has 2 N–H and O–H groups in total. The van der Waals surface area contributed by atoms with Crippen molar-refractivity contribution in [3.05, 3.63) is 38.9 Å². The van der Waals surface area contributed by atoms with E-state index < -0.39 is 0 Å². The SMILES string of the molecule is CC(N)CCc1nc(-c2cc(Br)ccc2F)cs1. The van der Waals surface area contributed by atoms with Gasteiger partial charge in [-0.25, -0.2) is 9.37 Å². The first-order valence-corrected chi connectivity index (χ1v) is 7.39. The van der Waals surface area contributed by atoms with Gasteiger partial charge in [-0.05, 0) is 31.5 Å². The highest BCUT2D eigenvalue weighted by molar-refractivity contribution is 9.10. The average molecular weight is 329 g/mol. The van der Waals surface area contributed by atoms with Gasteiger partial charge in [-0.2, -0.15) is 0 Å². The van der Waals surface area contributed by atoms with Crippen LogP contribution in [0.5, 0.6) is 0 Å². The van der Waals surface area contributed by atoms with Gasteiger partial charge in [-0.15, -0.1) is 11.3 Å². The minimum Gasteiger partial charge on any atom is -0.328 e. The number of rotatable bonds is 4. The van der Waals surface area contributed by atoms with E-state index in [9.17, 15) is 4.39 Å². The topological polar surface area (TPSA) is 38.9 Å². The number of thiazole rings is 1. The fourth-order valence-electron chi connectivity index (χ4n) is 1.59. The molecular formula is C13H14BrFN2S. The maximum atomic E-state index is 13.7. The zero-order chi connectivity index (χ0) is 13.1. The third kappa shape index (κ3) is 3.37.